The van der Waals surface area contributed by atoms with Gasteiger partial charge in [-0.25, -0.2) is 0 Å². The van der Waals surface area contributed by atoms with Crippen LogP contribution in [0.25, 0.3) is 0 Å². The van der Waals surface area contributed by atoms with Gasteiger partial charge in [-0.1, -0.05) is 64.6 Å². The lowest BCUT2D eigenvalue weighted by molar-refractivity contribution is 0.407. The number of hydrogen-bond donors (Lipinski definition) is 1. The maximum absolute atomic E-state index is 4.70. The Labute approximate surface area is 117 Å². The van der Waals surface area contributed by atoms with Crippen LogP contribution in [0.15, 0.2) is 4.99 Å². The molecule has 0 radical (unpaired) electrons. The Balaban J connectivity index is 2.13. The molecule has 106 valence electrons. The highest BCUT2D eigenvalue weighted by Crippen LogP contribution is 2.28. The van der Waals surface area contributed by atoms with Crippen molar-refractivity contribution in [2.24, 2.45) is 4.99 Å². The van der Waals surface area contributed by atoms with E-state index in [1.807, 2.05) is 11.8 Å². The van der Waals surface area contributed by atoms with Gasteiger partial charge in [0.25, 0.3) is 0 Å². The summed E-state index contributed by atoms with van der Waals surface area (Å²) in [6.45, 7) is 7.81. The van der Waals surface area contributed by atoms with E-state index in [-0.39, 0.29) is 0 Å². The smallest absolute Gasteiger partial charge is 0.157 e. The van der Waals surface area contributed by atoms with Gasteiger partial charge in [0.2, 0.25) is 0 Å². The fraction of sp³-hybridized carbons (Fsp3) is 0.933. The highest BCUT2D eigenvalue weighted by molar-refractivity contribution is 8.14. The van der Waals surface area contributed by atoms with Crippen molar-refractivity contribution in [1.82, 2.24) is 5.32 Å². The third-order valence-corrected chi connectivity index (χ3v) is 5.18. The van der Waals surface area contributed by atoms with Crippen LogP contribution in [0, 0.1) is 0 Å². The second kappa shape index (κ2) is 8.84. The van der Waals surface area contributed by atoms with Gasteiger partial charge in [-0.3, -0.25) is 4.99 Å². The van der Waals surface area contributed by atoms with Gasteiger partial charge in [-0.15, -0.1) is 0 Å². The molecular weight excluding hydrogens is 240 g/mol. The van der Waals surface area contributed by atoms with E-state index in [1.165, 1.54) is 62.3 Å². The molecule has 0 saturated carbocycles. The van der Waals surface area contributed by atoms with E-state index in [2.05, 4.69) is 26.1 Å². The number of hydrogen-bond acceptors (Lipinski definition) is 2. The Hall–Kier alpha value is -0.180. The van der Waals surface area contributed by atoms with Gasteiger partial charge >= 0.3 is 0 Å². The van der Waals surface area contributed by atoms with E-state index in [9.17, 15) is 0 Å². The maximum Gasteiger partial charge on any atom is 0.157 e. The largest absolute Gasteiger partial charge is 0.359 e. The molecule has 1 fully saturated rings. The first-order valence-corrected chi connectivity index (χ1v) is 8.70. The molecule has 1 N–H and O–H groups in total. The summed E-state index contributed by atoms with van der Waals surface area (Å²) in [6, 6.07) is 0. The zero-order valence-electron chi connectivity index (χ0n) is 12.4. The third-order valence-electron chi connectivity index (χ3n) is 3.98. The number of nitrogens with zero attached hydrogens (tertiary/aromatic N) is 1. The van der Waals surface area contributed by atoms with Gasteiger partial charge in [0.15, 0.2) is 5.17 Å². The number of amidine groups is 1. The van der Waals surface area contributed by atoms with Crippen molar-refractivity contribution in [3.05, 3.63) is 0 Å². The fourth-order valence-electron chi connectivity index (χ4n) is 2.29. The molecular formula is C15H30N2S. The van der Waals surface area contributed by atoms with Crippen molar-refractivity contribution in [3.8, 4) is 0 Å². The van der Waals surface area contributed by atoms with E-state index in [0.717, 1.165) is 6.54 Å². The molecule has 0 aromatic rings. The normalized spacial score (nSPS) is 20.3. The fourth-order valence-corrected chi connectivity index (χ4v) is 3.66. The van der Waals surface area contributed by atoms with Crippen molar-refractivity contribution in [3.63, 3.8) is 0 Å². The lowest BCUT2D eigenvalue weighted by atomic mass is 9.96. The molecule has 2 nitrogen and oxygen atoms in total. The Bertz CT molecular complexity index is 247. The number of thioether (sulfide) groups is 1. The maximum atomic E-state index is 4.70. The van der Waals surface area contributed by atoms with Gasteiger partial charge in [-0.05, 0) is 19.3 Å². The summed E-state index contributed by atoms with van der Waals surface area (Å²) in [5.41, 5.74) is 0.324. The summed E-state index contributed by atoms with van der Waals surface area (Å²) in [5.74, 6) is 1.19. The first kappa shape index (κ1) is 15.9. The lowest BCUT2D eigenvalue weighted by Crippen LogP contribution is -2.42. The summed E-state index contributed by atoms with van der Waals surface area (Å²) in [7, 11) is 0. The standard InChI is InChI=1S/C15H30N2S/c1-4-7-8-9-10-11-12-16-14-17-15(5-2,6-3)13-18-14/h4-13H2,1-3H3,(H,16,17). The first-order valence-electron chi connectivity index (χ1n) is 7.71. The molecule has 1 rings (SSSR count). The summed E-state index contributed by atoms with van der Waals surface area (Å²) >= 11 is 1.91. The number of aliphatic imine (C=N–C) groups is 1. The van der Waals surface area contributed by atoms with Crippen LogP contribution in [-0.4, -0.2) is 23.0 Å². The van der Waals surface area contributed by atoms with Crippen LogP contribution < -0.4 is 5.32 Å². The van der Waals surface area contributed by atoms with Gasteiger partial charge in [0.1, 0.15) is 0 Å². The molecule has 0 aromatic carbocycles. The molecule has 1 saturated heterocycles. The monoisotopic (exact) mass is 270 g/mol. The van der Waals surface area contributed by atoms with Crippen LogP contribution in [0.3, 0.4) is 0 Å². The zero-order valence-corrected chi connectivity index (χ0v) is 13.2. The van der Waals surface area contributed by atoms with Crippen molar-refractivity contribution in [1.29, 1.82) is 0 Å². The Kier molecular flexibility index (Phi) is 7.80. The SMILES string of the molecule is CCCCCCCCN=C1NC(CC)(CC)CS1. The van der Waals surface area contributed by atoms with E-state index in [4.69, 9.17) is 4.99 Å². The average molecular weight is 270 g/mol. The molecule has 1 aliphatic heterocycles. The minimum absolute atomic E-state index is 0.324. The molecule has 18 heavy (non-hydrogen) atoms. The first-order chi connectivity index (χ1) is 8.76. The minimum atomic E-state index is 0.324. The highest BCUT2D eigenvalue weighted by atomic mass is 32.2. The molecule has 0 amide bonds. The second-order valence-corrected chi connectivity index (χ2v) is 6.32. The van der Waals surface area contributed by atoms with Gasteiger partial charge in [-0.2, -0.15) is 0 Å². The number of nitrogens with one attached hydrogen (secondary N) is 1. The quantitative estimate of drug-likeness (QED) is 0.619. The second-order valence-electron chi connectivity index (χ2n) is 5.36. The van der Waals surface area contributed by atoms with Crippen LogP contribution in [0.1, 0.15) is 72.1 Å². The van der Waals surface area contributed by atoms with Gasteiger partial charge in [0.05, 0.1) is 0 Å². The van der Waals surface area contributed by atoms with Crippen molar-refractivity contribution in [2.45, 2.75) is 77.7 Å². The average Bonchev–Trinajstić information content (AvgIpc) is 2.82. The Morgan fingerprint density at radius 1 is 1.06 bits per heavy atom. The van der Waals surface area contributed by atoms with E-state index < -0.39 is 0 Å². The number of unbranched alkanes of at least 4 members (excludes halogenated alkanes) is 5. The van der Waals surface area contributed by atoms with Gasteiger partial charge < -0.3 is 5.32 Å². The summed E-state index contributed by atoms with van der Waals surface area (Å²) < 4.78 is 0. The van der Waals surface area contributed by atoms with E-state index in [0.29, 0.717) is 5.54 Å². The third kappa shape index (κ3) is 5.21. The lowest BCUT2D eigenvalue weighted by Gasteiger charge is -2.25. The van der Waals surface area contributed by atoms with Crippen LogP contribution >= 0.6 is 11.8 Å². The Morgan fingerprint density at radius 2 is 1.72 bits per heavy atom. The van der Waals surface area contributed by atoms with E-state index >= 15 is 0 Å². The van der Waals surface area contributed by atoms with Crippen molar-refractivity contribution >= 4 is 16.9 Å². The predicted octanol–water partition coefficient (Wildman–Crippen LogP) is 4.60. The van der Waals surface area contributed by atoms with Crippen molar-refractivity contribution < 1.29 is 0 Å². The molecule has 0 aromatic heterocycles. The van der Waals surface area contributed by atoms with Crippen LogP contribution in [0.5, 0.6) is 0 Å². The highest BCUT2D eigenvalue weighted by Gasteiger charge is 2.33. The topological polar surface area (TPSA) is 24.4 Å². The summed E-state index contributed by atoms with van der Waals surface area (Å²) in [5, 5.41) is 4.82. The molecule has 0 aliphatic carbocycles. The molecule has 0 unspecified atom stereocenters. The number of rotatable bonds is 9. The van der Waals surface area contributed by atoms with Crippen molar-refractivity contribution in [2.75, 3.05) is 12.3 Å². The molecule has 1 aliphatic rings. The van der Waals surface area contributed by atoms with Crippen LogP contribution in [-0.2, 0) is 0 Å². The predicted molar refractivity (Wildman–Crippen MR) is 84.6 cm³/mol. The molecule has 0 bridgehead atoms. The zero-order chi connectivity index (χ0) is 13.3. The van der Waals surface area contributed by atoms with Gasteiger partial charge in [0, 0.05) is 17.8 Å². The Morgan fingerprint density at radius 3 is 2.33 bits per heavy atom. The van der Waals surface area contributed by atoms with Crippen LogP contribution in [0.4, 0.5) is 0 Å². The molecule has 3 heteroatoms. The van der Waals surface area contributed by atoms with E-state index in [1.54, 1.807) is 0 Å². The summed E-state index contributed by atoms with van der Waals surface area (Å²) in [4.78, 5) is 4.70. The van der Waals surface area contributed by atoms with Crippen LogP contribution in [0.2, 0.25) is 0 Å². The summed E-state index contributed by atoms with van der Waals surface area (Å²) in [6.07, 6.45) is 10.5. The molecule has 0 spiro atoms. The minimum Gasteiger partial charge on any atom is -0.359 e. The molecule has 1 heterocycles. The molecule has 0 atom stereocenters.